The fraction of sp³-hybridized carbons (Fsp3) is 0.286. The van der Waals surface area contributed by atoms with Crippen molar-refractivity contribution >= 4 is 32.6 Å². The molecule has 0 amide bonds. The molecule has 0 aliphatic carbocycles. The van der Waals surface area contributed by atoms with Crippen molar-refractivity contribution in [1.29, 1.82) is 0 Å². The van der Waals surface area contributed by atoms with Gasteiger partial charge in [0.25, 0.3) is 0 Å². The summed E-state index contributed by atoms with van der Waals surface area (Å²) >= 11 is 0. The molecule has 1 aliphatic rings. The number of nitrogens with zero attached hydrogens (tertiary/aromatic N) is 5. The van der Waals surface area contributed by atoms with Gasteiger partial charge in [0.05, 0.1) is 12.6 Å². The van der Waals surface area contributed by atoms with Gasteiger partial charge in [-0.05, 0) is 55.7 Å². The topological polar surface area (TPSA) is 95.7 Å². The second kappa shape index (κ2) is 7.33. The van der Waals surface area contributed by atoms with Crippen LogP contribution in [-0.2, 0) is 14.4 Å². The Labute approximate surface area is 174 Å². The molecule has 1 unspecified atom stereocenters. The van der Waals surface area contributed by atoms with Crippen LogP contribution in [0.1, 0.15) is 19.3 Å². The van der Waals surface area contributed by atoms with Crippen molar-refractivity contribution in [1.82, 2.24) is 19.8 Å². The standard InChI is InChI=1S/C21H21N5O3S/c1-29-15-9-11-16(12-10-15)30(27,28)21-20-22-19(25-13-5-2-6-14-25)17-7-3-4-8-18(17)26(20)24-23-21/h3-4,7-12H,2,5-6,13-14H2,1H3. The molecule has 3 heterocycles. The number of para-hydroxylation sites is 1. The van der Waals surface area contributed by atoms with Crippen LogP contribution in [0, 0.1) is 0 Å². The van der Waals surface area contributed by atoms with Crippen molar-refractivity contribution in [3.05, 3.63) is 48.5 Å². The molecule has 0 spiro atoms. The molecule has 9 heteroatoms. The van der Waals surface area contributed by atoms with Gasteiger partial charge in [0.2, 0.25) is 5.65 Å². The molecule has 30 heavy (non-hydrogen) atoms. The van der Waals surface area contributed by atoms with E-state index in [1.165, 1.54) is 30.2 Å². The first-order valence-corrected chi connectivity index (χ1v) is 11.4. The average Bonchev–Trinajstić information content (AvgIpc) is 3.24. The lowest BCUT2D eigenvalue weighted by Gasteiger charge is -2.28. The van der Waals surface area contributed by atoms with Crippen molar-refractivity contribution in [3.8, 4) is 5.75 Å². The minimum Gasteiger partial charge on any atom is -0.604 e. The molecule has 2 aromatic heterocycles. The molecule has 0 radical (unpaired) electrons. The molecule has 4 aromatic rings. The van der Waals surface area contributed by atoms with Gasteiger partial charge in [0, 0.05) is 18.5 Å². The average molecular weight is 423 g/mol. The second-order valence-corrected chi connectivity index (χ2v) is 9.17. The summed E-state index contributed by atoms with van der Waals surface area (Å²) in [5.41, 5.74) is 1.02. The molecule has 0 saturated carbocycles. The molecule has 154 valence electrons. The first-order chi connectivity index (χ1) is 14.6. The first-order valence-electron chi connectivity index (χ1n) is 9.88. The minimum atomic E-state index is -3.89. The lowest BCUT2D eigenvalue weighted by atomic mass is 10.1. The lowest BCUT2D eigenvalue weighted by Crippen LogP contribution is -2.30. The summed E-state index contributed by atoms with van der Waals surface area (Å²) in [5.74, 6) is 1.37. The monoisotopic (exact) mass is 423 g/mol. The highest BCUT2D eigenvalue weighted by Gasteiger charge is 2.33. The summed E-state index contributed by atoms with van der Waals surface area (Å²) in [4.78, 5) is 7.12. The Morgan fingerprint density at radius 1 is 1.03 bits per heavy atom. The third-order valence-corrected chi connectivity index (χ3v) is 7.15. The van der Waals surface area contributed by atoms with Crippen LogP contribution in [-0.4, -0.2) is 44.6 Å². The maximum atomic E-state index is 13.3. The fourth-order valence-corrected chi connectivity index (χ4v) is 5.15. The summed E-state index contributed by atoms with van der Waals surface area (Å²) < 4.78 is 33.3. The maximum Gasteiger partial charge on any atom is 0.317 e. The Hall–Kier alpha value is -3.04. The van der Waals surface area contributed by atoms with E-state index in [0.717, 1.165) is 42.7 Å². The SMILES string of the molecule is COc1ccc([S+](=O)([O-])c2nnn3c2nc(N2CCCCC2)c2ccccc23)cc1. The van der Waals surface area contributed by atoms with Gasteiger partial charge in [-0.15, -0.1) is 0 Å². The van der Waals surface area contributed by atoms with Gasteiger partial charge in [-0.25, -0.2) is 4.98 Å². The third-order valence-electron chi connectivity index (χ3n) is 5.48. The number of hydrogen-bond acceptors (Lipinski definition) is 7. The Kier molecular flexibility index (Phi) is 4.63. The Morgan fingerprint density at radius 2 is 1.77 bits per heavy atom. The van der Waals surface area contributed by atoms with Crippen molar-refractivity contribution in [2.24, 2.45) is 0 Å². The first kappa shape index (κ1) is 19.0. The Balaban J connectivity index is 1.72. The number of sulfone groups is 1. The van der Waals surface area contributed by atoms with Crippen molar-refractivity contribution in [2.45, 2.75) is 29.2 Å². The Bertz CT molecular complexity index is 1270. The number of fused-ring (bicyclic) bond motifs is 3. The van der Waals surface area contributed by atoms with E-state index in [-0.39, 0.29) is 15.6 Å². The highest BCUT2D eigenvalue weighted by molar-refractivity contribution is 7.97. The number of benzene rings is 2. The molecule has 2 aromatic carbocycles. The largest absolute Gasteiger partial charge is 0.604 e. The lowest BCUT2D eigenvalue weighted by molar-refractivity contribution is 0.414. The van der Waals surface area contributed by atoms with E-state index >= 15 is 0 Å². The number of hydrogen-bond donors (Lipinski definition) is 0. The van der Waals surface area contributed by atoms with E-state index < -0.39 is 10.2 Å². The van der Waals surface area contributed by atoms with E-state index in [2.05, 4.69) is 15.2 Å². The zero-order chi connectivity index (χ0) is 20.7. The molecule has 1 fully saturated rings. The van der Waals surface area contributed by atoms with Crippen molar-refractivity contribution < 1.29 is 13.5 Å². The Morgan fingerprint density at radius 3 is 2.50 bits per heavy atom. The van der Waals surface area contributed by atoms with Gasteiger partial charge in [-0.1, -0.05) is 26.7 Å². The molecule has 0 bridgehead atoms. The zero-order valence-corrected chi connectivity index (χ0v) is 17.3. The molecule has 1 atom stereocenters. The van der Waals surface area contributed by atoms with Crippen LogP contribution in [0.15, 0.2) is 58.5 Å². The number of rotatable bonds is 4. The van der Waals surface area contributed by atoms with E-state index in [4.69, 9.17) is 9.72 Å². The number of methoxy groups -OCH3 is 1. The smallest absolute Gasteiger partial charge is 0.317 e. The minimum absolute atomic E-state index is 0.125. The molecule has 1 saturated heterocycles. The summed E-state index contributed by atoms with van der Waals surface area (Å²) in [6.45, 7) is 1.80. The van der Waals surface area contributed by atoms with Crippen LogP contribution < -0.4 is 9.64 Å². The summed E-state index contributed by atoms with van der Waals surface area (Å²) in [6, 6.07) is 14.0. The van der Waals surface area contributed by atoms with Gasteiger partial charge in [-0.3, -0.25) is 0 Å². The highest BCUT2D eigenvalue weighted by atomic mass is 32.3. The second-order valence-electron chi connectivity index (χ2n) is 7.31. The van der Waals surface area contributed by atoms with Gasteiger partial charge < -0.3 is 14.2 Å². The van der Waals surface area contributed by atoms with Crippen LogP contribution in [0.4, 0.5) is 5.82 Å². The van der Waals surface area contributed by atoms with E-state index in [1.54, 1.807) is 12.1 Å². The molecule has 1 aliphatic heterocycles. The third kappa shape index (κ3) is 3.01. The molecular formula is C21H21N5O3S. The van der Waals surface area contributed by atoms with Gasteiger partial charge in [0.1, 0.15) is 21.8 Å². The molecular weight excluding hydrogens is 402 g/mol. The van der Waals surface area contributed by atoms with Crippen LogP contribution in [0.25, 0.3) is 16.6 Å². The van der Waals surface area contributed by atoms with E-state index in [0.29, 0.717) is 5.75 Å². The van der Waals surface area contributed by atoms with Crippen molar-refractivity contribution in [3.63, 3.8) is 0 Å². The summed E-state index contributed by atoms with van der Waals surface area (Å²) in [5, 5.41) is 8.97. The summed E-state index contributed by atoms with van der Waals surface area (Å²) in [7, 11) is -2.36. The van der Waals surface area contributed by atoms with Gasteiger partial charge >= 0.3 is 5.03 Å². The predicted octanol–water partition coefficient (Wildman–Crippen LogP) is 3.32. The number of ether oxygens (including phenoxy) is 1. The van der Waals surface area contributed by atoms with E-state index in [1.807, 2.05) is 24.3 Å². The number of anilines is 1. The molecule has 5 rings (SSSR count). The van der Waals surface area contributed by atoms with Crippen LogP contribution in [0.2, 0.25) is 0 Å². The van der Waals surface area contributed by atoms with E-state index in [9.17, 15) is 8.76 Å². The quantitative estimate of drug-likeness (QED) is 0.465. The molecule has 0 N–H and O–H groups in total. The van der Waals surface area contributed by atoms with Gasteiger partial charge in [-0.2, -0.15) is 4.52 Å². The zero-order valence-electron chi connectivity index (χ0n) is 16.5. The predicted molar refractivity (Wildman–Crippen MR) is 113 cm³/mol. The van der Waals surface area contributed by atoms with Crippen LogP contribution >= 0.6 is 0 Å². The fourth-order valence-electron chi connectivity index (χ4n) is 3.92. The molecule has 8 nitrogen and oxygen atoms in total. The van der Waals surface area contributed by atoms with Crippen LogP contribution in [0.5, 0.6) is 5.75 Å². The normalized spacial score (nSPS) is 16.7. The maximum absolute atomic E-state index is 13.3. The van der Waals surface area contributed by atoms with Crippen molar-refractivity contribution in [2.75, 3.05) is 25.1 Å². The van der Waals surface area contributed by atoms with Gasteiger partial charge in [0.15, 0.2) is 4.90 Å². The number of piperidine rings is 1. The van der Waals surface area contributed by atoms with Crippen LogP contribution in [0.3, 0.4) is 0 Å². The number of aromatic nitrogens is 4. The summed E-state index contributed by atoms with van der Waals surface area (Å²) in [6.07, 6.45) is 3.38. The highest BCUT2D eigenvalue weighted by Crippen LogP contribution is 2.33.